The second-order valence-electron chi connectivity index (χ2n) is 10.1. The average molecular weight is 453 g/mol. The van der Waals surface area contributed by atoms with Crippen molar-refractivity contribution in [2.75, 3.05) is 24.6 Å². The van der Waals surface area contributed by atoms with Gasteiger partial charge in [-0.1, -0.05) is 19.6 Å². The molecule has 8 nitrogen and oxygen atoms in total. The van der Waals surface area contributed by atoms with E-state index in [2.05, 4.69) is 46.5 Å². The van der Waals surface area contributed by atoms with E-state index in [1.165, 1.54) is 0 Å². The van der Waals surface area contributed by atoms with E-state index in [1.54, 1.807) is 6.33 Å². The largest absolute Gasteiger partial charge is 0.361 e. The summed E-state index contributed by atoms with van der Waals surface area (Å²) in [5.41, 5.74) is 0.969. The summed E-state index contributed by atoms with van der Waals surface area (Å²) in [6.45, 7) is 11.6. The fourth-order valence-electron chi connectivity index (χ4n) is 4.96. The molecule has 2 aromatic heterocycles. The average Bonchev–Trinajstić information content (AvgIpc) is 3.47. The summed E-state index contributed by atoms with van der Waals surface area (Å²) >= 11 is 0. The van der Waals surface area contributed by atoms with Gasteiger partial charge in [0.05, 0.1) is 17.0 Å². The van der Waals surface area contributed by atoms with Crippen LogP contribution in [0, 0.1) is 11.3 Å². The number of nitriles is 1. The Balaban J connectivity index is 1.62. The molecule has 0 amide bonds. The first-order valence-electron chi connectivity index (χ1n) is 11.4. The van der Waals surface area contributed by atoms with Crippen LogP contribution in [0.5, 0.6) is 0 Å². The third-order valence-corrected chi connectivity index (χ3v) is 8.46. The number of nitrogens with zero attached hydrogens (tertiary/aromatic N) is 6. The van der Waals surface area contributed by atoms with Crippen LogP contribution in [0.2, 0.25) is 25.7 Å². The van der Waals surface area contributed by atoms with Crippen LogP contribution in [0.25, 0.3) is 11.0 Å². The summed E-state index contributed by atoms with van der Waals surface area (Å²) in [7, 11) is -1.13. The highest BCUT2D eigenvalue weighted by Gasteiger charge is 2.52. The summed E-state index contributed by atoms with van der Waals surface area (Å²) in [5.74, 6) is 3.04. The van der Waals surface area contributed by atoms with Crippen molar-refractivity contribution >= 4 is 30.9 Å². The number of hydrogen-bond donors (Lipinski definition) is 0. The molecule has 2 aliphatic heterocycles. The van der Waals surface area contributed by atoms with Gasteiger partial charge in [0.2, 0.25) is 0 Å². The van der Waals surface area contributed by atoms with Crippen molar-refractivity contribution in [1.82, 2.24) is 19.4 Å². The van der Waals surface area contributed by atoms with Gasteiger partial charge in [0.25, 0.3) is 0 Å². The Labute approximate surface area is 190 Å². The van der Waals surface area contributed by atoms with Crippen molar-refractivity contribution in [3.63, 3.8) is 0 Å². The fraction of sp³-hybridized carbons (Fsp3) is 0.609. The van der Waals surface area contributed by atoms with Gasteiger partial charge in [-0.25, -0.2) is 14.8 Å². The van der Waals surface area contributed by atoms with Gasteiger partial charge in [0, 0.05) is 34.0 Å². The van der Waals surface area contributed by atoms with E-state index in [0.29, 0.717) is 19.0 Å². The monoisotopic (exact) mass is 452 g/mol. The van der Waals surface area contributed by atoms with Gasteiger partial charge in [0.1, 0.15) is 42.2 Å². The Morgan fingerprint density at radius 3 is 2.81 bits per heavy atom. The molecule has 0 N–H and O–H groups in total. The maximum atomic E-state index is 12.1. The normalized spacial score (nSPS) is 22.0. The summed E-state index contributed by atoms with van der Waals surface area (Å²) in [4.78, 5) is 25.4. The lowest BCUT2D eigenvalue weighted by molar-refractivity contribution is 0.0899. The van der Waals surface area contributed by atoms with E-state index in [1.807, 2.05) is 28.7 Å². The van der Waals surface area contributed by atoms with Crippen LogP contribution < -0.4 is 4.90 Å². The van der Waals surface area contributed by atoms with Crippen LogP contribution in [0.4, 0.5) is 5.82 Å². The van der Waals surface area contributed by atoms with E-state index in [0.717, 1.165) is 55.3 Å². The predicted octanol–water partition coefficient (Wildman–Crippen LogP) is 3.42. The lowest BCUT2D eigenvalue weighted by Crippen LogP contribution is -2.46. The minimum atomic E-state index is -1.13. The number of hydrogen-bond acceptors (Lipinski definition) is 7. The number of fused-ring (bicyclic) bond motifs is 1. The third kappa shape index (κ3) is 3.94. The lowest BCUT2D eigenvalue weighted by atomic mass is 9.91. The molecule has 2 unspecified atom stereocenters. The Morgan fingerprint density at radius 1 is 1.28 bits per heavy atom. The zero-order chi connectivity index (χ0) is 22.9. The van der Waals surface area contributed by atoms with Gasteiger partial charge < -0.3 is 19.1 Å². The second-order valence-corrected chi connectivity index (χ2v) is 15.7. The quantitative estimate of drug-likeness (QED) is 0.361. The van der Waals surface area contributed by atoms with E-state index < -0.39 is 13.6 Å². The Hall–Kier alpha value is -2.66. The molecule has 4 rings (SSSR count). The molecule has 2 atom stereocenters. The first-order chi connectivity index (χ1) is 15.3. The molecule has 2 fully saturated rings. The van der Waals surface area contributed by atoms with E-state index >= 15 is 0 Å². The molecular formula is C23H32N6O2Si. The van der Waals surface area contributed by atoms with Crippen LogP contribution >= 0.6 is 0 Å². The summed E-state index contributed by atoms with van der Waals surface area (Å²) in [6, 6.07) is 5.07. The maximum Gasteiger partial charge on any atom is 0.148 e. The third-order valence-electron chi connectivity index (χ3n) is 6.75. The van der Waals surface area contributed by atoms with Gasteiger partial charge in [-0.2, -0.15) is 5.26 Å². The van der Waals surface area contributed by atoms with E-state index in [9.17, 15) is 10.1 Å². The Morgan fingerprint density at radius 2 is 2.09 bits per heavy atom. The topological polar surface area (TPSA) is 87.3 Å². The highest BCUT2D eigenvalue weighted by molar-refractivity contribution is 6.76. The molecule has 2 saturated heterocycles. The summed E-state index contributed by atoms with van der Waals surface area (Å²) < 4.78 is 7.96. The van der Waals surface area contributed by atoms with Crippen molar-refractivity contribution in [3.05, 3.63) is 24.3 Å². The minimum absolute atomic E-state index is 0.354. The second kappa shape index (κ2) is 8.70. The first-order valence-corrected chi connectivity index (χ1v) is 15.1. The zero-order valence-electron chi connectivity index (χ0n) is 19.5. The zero-order valence-corrected chi connectivity index (χ0v) is 20.5. The number of carbonyl (C=O) groups excluding carboxylic acids is 1. The molecule has 32 heavy (non-hydrogen) atoms. The Bertz CT molecular complexity index is 1080. The SMILES string of the molecule is CC(C#N)N1CCC2(CCCN2c2ncnc3c2ccn3COCC[Si](C)(C)C)C1=C=O. The molecule has 1 spiro atoms. The smallest absolute Gasteiger partial charge is 0.148 e. The van der Waals surface area contributed by atoms with Crippen LogP contribution in [-0.2, 0) is 16.3 Å². The molecule has 2 aliphatic rings. The standard InChI is InChI=1S/C23H32N6O2Si/c1-18(14-24)28-11-8-23(20(28)15-30)7-5-9-29(23)22-19-6-10-27(21(19)25-16-26-22)17-31-12-13-32(2,3)4/h6,10,16,18H,5,7-9,11-13,17H2,1-4H3. The number of anilines is 1. The van der Waals surface area contributed by atoms with Gasteiger partial charge in [-0.3, -0.25) is 0 Å². The molecule has 0 aliphatic carbocycles. The number of aromatic nitrogens is 3. The highest BCUT2D eigenvalue weighted by atomic mass is 28.3. The molecule has 0 saturated carbocycles. The fourth-order valence-corrected chi connectivity index (χ4v) is 5.71. The number of likely N-dealkylation sites (tertiary alicyclic amines) is 1. The van der Waals surface area contributed by atoms with E-state index in [-0.39, 0.29) is 6.04 Å². The van der Waals surface area contributed by atoms with Crippen molar-refractivity contribution < 1.29 is 9.53 Å². The molecule has 0 aromatic carbocycles. The van der Waals surface area contributed by atoms with Crippen LogP contribution in [0.1, 0.15) is 26.2 Å². The number of rotatable bonds is 7. The summed E-state index contributed by atoms with van der Waals surface area (Å²) in [6.07, 6.45) is 6.20. The van der Waals surface area contributed by atoms with Gasteiger partial charge in [-0.05, 0) is 38.3 Å². The molecule has 0 radical (unpaired) electrons. The van der Waals surface area contributed by atoms with Crippen LogP contribution in [0.3, 0.4) is 0 Å². The molecule has 0 bridgehead atoms. The molecule has 9 heteroatoms. The van der Waals surface area contributed by atoms with E-state index in [4.69, 9.17) is 4.74 Å². The van der Waals surface area contributed by atoms with Crippen molar-refractivity contribution in [3.8, 4) is 6.07 Å². The van der Waals surface area contributed by atoms with Gasteiger partial charge >= 0.3 is 0 Å². The van der Waals surface area contributed by atoms with Crippen molar-refractivity contribution in [1.29, 1.82) is 5.26 Å². The minimum Gasteiger partial charge on any atom is -0.361 e. The molecular weight excluding hydrogens is 420 g/mol. The number of ether oxygens (including phenoxy) is 1. The van der Waals surface area contributed by atoms with Gasteiger partial charge in [0.15, 0.2) is 0 Å². The lowest BCUT2D eigenvalue weighted by Gasteiger charge is -2.37. The first kappa shape index (κ1) is 22.5. The Kier molecular flexibility index (Phi) is 6.12. The predicted molar refractivity (Wildman–Crippen MR) is 127 cm³/mol. The molecule has 4 heterocycles. The highest BCUT2D eigenvalue weighted by Crippen LogP contribution is 2.47. The molecule has 170 valence electrons. The van der Waals surface area contributed by atoms with Crippen molar-refractivity contribution in [2.45, 2.75) is 70.2 Å². The molecule has 2 aromatic rings. The van der Waals surface area contributed by atoms with Gasteiger partial charge in [-0.15, -0.1) is 0 Å². The maximum absolute atomic E-state index is 12.1. The summed E-state index contributed by atoms with van der Waals surface area (Å²) in [5, 5.41) is 10.4. The van der Waals surface area contributed by atoms with Crippen molar-refractivity contribution in [2.24, 2.45) is 0 Å². The van der Waals surface area contributed by atoms with Crippen LogP contribution in [0.15, 0.2) is 24.3 Å². The van der Waals surface area contributed by atoms with Crippen LogP contribution in [-0.4, -0.2) is 64.7 Å².